The summed E-state index contributed by atoms with van der Waals surface area (Å²) in [4.78, 5) is 0. The lowest BCUT2D eigenvalue weighted by Crippen LogP contribution is -2.11. The fourth-order valence-corrected chi connectivity index (χ4v) is 1.72. The molecule has 5 heteroatoms. The molecule has 0 bridgehead atoms. The van der Waals surface area contributed by atoms with Crippen molar-refractivity contribution >= 4 is 11.0 Å². The molecule has 2 nitrogen and oxygen atoms in total. The number of furan rings is 1. The van der Waals surface area contributed by atoms with Crippen molar-refractivity contribution in [2.45, 2.75) is 19.1 Å². The minimum absolute atomic E-state index is 0.0352. The summed E-state index contributed by atoms with van der Waals surface area (Å²) in [7, 11) is 1.79. The molecule has 0 saturated heterocycles. The number of hydrogen-bond acceptors (Lipinski definition) is 2. The molecule has 17 heavy (non-hydrogen) atoms. The minimum Gasteiger partial charge on any atom is -0.464 e. The van der Waals surface area contributed by atoms with Gasteiger partial charge in [-0.3, -0.25) is 0 Å². The Morgan fingerprint density at radius 3 is 2.59 bits per heavy atom. The van der Waals surface area contributed by atoms with Gasteiger partial charge in [0.05, 0.1) is 11.8 Å². The highest BCUT2D eigenvalue weighted by Crippen LogP contribution is 2.34. The maximum atomic E-state index is 12.5. The van der Waals surface area contributed by atoms with Crippen molar-refractivity contribution in [1.29, 1.82) is 0 Å². The average Bonchev–Trinajstić information content (AvgIpc) is 2.69. The maximum absolute atomic E-state index is 12.5. The van der Waals surface area contributed by atoms with Gasteiger partial charge in [-0.15, -0.1) is 0 Å². The summed E-state index contributed by atoms with van der Waals surface area (Å²) in [5.74, 6) is 0. The van der Waals surface area contributed by atoms with Gasteiger partial charge < -0.3 is 9.73 Å². The maximum Gasteiger partial charge on any atom is 0.416 e. The summed E-state index contributed by atoms with van der Waals surface area (Å²) in [5.41, 5.74) is 0.427. The molecule has 1 unspecified atom stereocenters. The molecule has 92 valence electrons. The van der Waals surface area contributed by atoms with Crippen molar-refractivity contribution in [3.8, 4) is 0 Å². The van der Waals surface area contributed by atoms with Gasteiger partial charge in [-0.05, 0) is 26.1 Å². The van der Waals surface area contributed by atoms with Gasteiger partial charge in [-0.2, -0.15) is 13.2 Å². The van der Waals surface area contributed by atoms with Gasteiger partial charge >= 0.3 is 6.18 Å². The quantitative estimate of drug-likeness (QED) is 0.869. The van der Waals surface area contributed by atoms with E-state index in [9.17, 15) is 13.2 Å². The Bertz CT molecular complexity index is 530. The van der Waals surface area contributed by atoms with E-state index in [4.69, 9.17) is 4.42 Å². The van der Waals surface area contributed by atoms with Gasteiger partial charge in [0.25, 0.3) is 0 Å². The number of halogens is 3. The summed E-state index contributed by atoms with van der Waals surface area (Å²) >= 11 is 0. The van der Waals surface area contributed by atoms with Crippen molar-refractivity contribution in [3.05, 3.63) is 35.6 Å². The molecule has 1 atom stereocenters. The smallest absolute Gasteiger partial charge is 0.416 e. The summed E-state index contributed by atoms with van der Waals surface area (Å²) in [6, 6.07) is 3.59. The van der Waals surface area contributed by atoms with Crippen molar-refractivity contribution in [3.63, 3.8) is 0 Å². The molecule has 1 heterocycles. The topological polar surface area (TPSA) is 25.2 Å². The molecule has 0 spiro atoms. The Balaban J connectivity index is 2.52. The van der Waals surface area contributed by atoms with Crippen LogP contribution in [0.4, 0.5) is 13.2 Å². The highest BCUT2D eigenvalue weighted by Gasteiger charge is 2.31. The van der Waals surface area contributed by atoms with Gasteiger partial charge in [0.1, 0.15) is 5.58 Å². The van der Waals surface area contributed by atoms with E-state index in [1.54, 1.807) is 7.05 Å². The van der Waals surface area contributed by atoms with Crippen LogP contribution in [0.15, 0.2) is 28.9 Å². The zero-order chi connectivity index (χ0) is 12.6. The Morgan fingerprint density at radius 2 is 2.00 bits per heavy atom. The van der Waals surface area contributed by atoms with E-state index in [2.05, 4.69) is 5.32 Å². The first-order chi connectivity index (χ1) is 7.93. The van der Waals surface area contributed by atoms with E-state index in [1.807, 2.05) is 6.92 Å². The van der Waals surface area contributed by atoms with E-state index >= 15 is 0 Å². The number of rotatable bonds is 2. The molecule has 0 fully saturated rings. The van der Waals surface area contributed by atoms with Crippen LogP contribution in [0, 0.1) is 0 Å². The molecule has 1 N–H and O–H groups in total. The predicted octanol–water partition coefficient (Wildman–Crippen LogP) is 3.73. The zero-order valence-corrected chi connectivity index (χ0v) is 9.43. The third kappa shape index (κ3) is 2.15. The average molecular weight is 243 g/mol. The molecule has 0 amide bonds. The van der Waals surface area contributed by atoms with Crippen molar-refractivity contribution < 1.29 is 17.6 Å². The SMILES string of the molecule is CNC(C)c1coc2cc(C(F)(F)F)ccc12. The van der Waals surface area contributed by atoms with Crippen LogP contribution >= 0.6 is 0 Å². The predicted molar refractivity (Wildman–Crippen MR) is 58.7 cm³/mol. The van der Waals surface area contributed by atoms with Crippen LogP contribution in [0.5, 0.6) is 0 Å². The fraction of sp³-hybridized carbons (Fsp3) is 0.333. The number of hydrogen-bond donors (Lipinski definition) is 1. The number of benzene rings is 1. The summed E-state index contributed by atoms with van der Waals surface area (Å²) in [6.07, 6.45) is -2.85. The van der Waals surface area contributed by atoms with Crippen molar-refractivity contribution in [2.24, 2.45) is 0 Å². The largest absolute Gasteiger partial charge is 0.464 e. The minimum atomic E-state index is -4.34. The highest BCUT2D eigenvalue weighted by atomic mass is 19.4. The first-order valence-electron chi connectivity index (χ1n) is 5.19. The normalized spacial score (nSPS) is 14.2. The zero-order valence-electron chi connectivity index (χ0n) is 9.43. The Labute approximate surface area is 96.4 Å². The van der Waals surface area contributed by atoms with E-state index in [0.717, 1.165) is 17.7 Å². The monoisotopic (exact) mass is 243 g/mol. The Kier molecular flexibility index (Phi) is 2.87. The fourth-order valence-electron chi connectivity index (χ4n) is 1.72. The molecule has 0 aliphatic carbocycles. The second-order valence-corrected chi connectivity index (χ2v) is 3.91. The third-order valence-corrected chi connectivity index (χ3v) is 2.83. The van der Waals surface area contributed by atoms with E-state index in [0.29, 0.717) is 5.39 Å². The molecule has 0 aliphatic heterocycles. The lowest BCUT2D eigenvalue weighted by atomic mass is 10.1. The molecule has 2 rings (SSSR count). The molecule has 1 aromatic carbocycles. The molecular weight excluding hydrogens is 231 g/mol. The lowest BCUT2D eigenvalue weighted by molar-refractivity contribution is -0.137. The van der Waals surface area contributed by atoms with Crippen LogP contribution in [-0.4, -0.2) is 7.05 Å². The van der Waals surface area contributed by atoms with Crippen molar-refractivity contribution in [2.75, 3.05) is 7.05 Å². The molecule has 1 aromatic heterocycles. The first-order valence-corrected chi connectivity index (χ1v) is 5.19. The van der Waals surface area contributed by atoms with E-state index in [1.165, 1.54) is 12.3 Å². The first kappa shape index (κ1) is 12.0. The van der Waals surface area contributed by atoms with Crippen LogP contribution < -0.4 is 5.32 Å². The molecule has 0 aliphatic rings. The Morgan fingerprint density at radius 1 is 1.29 bits per heavy atom. The van der Waals surface area contributed by atoms with Crippen LogP contribution in [0.25, 0.3) is 11.0 Å². The van der Waals surface area contributed by atoms with Crippen LogP contribution in [-0.2, 0) is 6.18 Å². The second kappa shape index (κ2) is 4.07. The third-order valence-electron chi connectivity index (χ3n) is 2.83. The lowest BCUT2D eigenvalue weighted by Gasteiger charge is -2.08. The number of nitrogens with one attached hydrogen (secondary N) is 1. The summed E-state index contributed by atoms with van der Waals surface area (Å²) in [6.45, 7) is 1.92. The van der Waals surface area contributed by atoms with Crippen LogP contribution in [0.3, 0.4) is 0 Å². The van der Waals surface area contributed by atoms with Gasteiger partial charge in [-0.1, -0.05) is 6.07 Å². The van der Waals surface area contributed by atoms with Gasteiger partial charge in [0.15, 0.2) is 0 Å². The summed E-state index contributed by atoms with van der Waals surface area (Å²) in [5, 5.41) is 3.73. The van der Waals surface area contributed by atoms with Crippen molar-refractivity contribution in [1.82, 2.24) is 5.32 Å². The van der Waals surface area contributed by atoms with Gasteiger partial charge in [0, 0.05) is 17.0 Å². The van der Waals surface area contributed by atoms with Crippen LogP contribution in [0.2, 0.25) is 0 Å². The van der Waals surface area contributed by atoms with Crippen LogP contribution in [0.1, 0.15) is 24.1 Å². The van der Waals surface area contributed by atoms with Gasteiger partial charge in [-0.25, -0.2) is 0 Å². The molecule has 0 saturated carbocycles. The molecule has 0 radical (unpaired) electrons. The van der Waals surface area contributed by atoms with E-state index < -0.39 is 11.7 Å². The highest BCUT2D eigenvalue weighted by molar-refractivity contribution is 5.82. The summed E-state index contributed by atoms with van der Waals surface area (Å²) < 4.78 is 42.6. The Hall–Kier alpha value is -1.49. The van der Waals surface area contributed by atoms with E-state index in [-0.39, 0.29) is 11.6 Å². The number of fused-ring (bicyclic) bond motifs is 1. The molecule has 2 aromatic rings. The second-order valence-electron chi connectivity index (χ2n) is 3.91. The molecular formula is C12H12F3NO. The number of alkyl halides is 3. The van der Waals surface area contributed by atoms with Gasteiger partial charge in [0.2, 0.25) is 0 Å². The standard InChI is InChI=1S/C12H12F3NO/c1-7(16-2)10-6-17-11-5-8(12(13,14)15)3-4-9(10)11/h3-7,16H,1-2H3.